The Morgan fingerprint density at radius 3 is 2.84 bits per heavy atom. The van der Waals surface area contributed by atoms with Gasteiger partial charge < -0.3 is 19.3 Å². The van der Waals surface area contributed by atoms with Crippen LogP contribution in [0.4, 0.5) is 5.69 Å². The van der Waals surface area contributed by atoms with Crippen molar-refractivity contribution in [1.29, 1.82) is 0 Å². The van der Waals surface area contributed by atoms with E-state index in [4.69, 9.17) is 9.47 Å². The fraction of sp³-hybridized carbons (Fsp3) is 0.429. The van der Waals surface area contributed by atoms with Crippen molar-refractivity contribution in [2.24, 2.45) is 0 Å². The number of methoxy groups -OCH3 is 1. The predicted molar refractivity (Wildman–Crippen MR) is 136 cm³/mol. The van der Waals surface area contributed by atoms with Crippen LogP contribution in [0.1, 0.15) is 49.6 Å². The number of carbonyl (C=O) groups excluding carboxylic acids is 2. The maximum Gasteiger partial charge on any atom is 0.254 e. The third-order valence-corrected chi connectivity index (χ3v) is 7.99. The number of anilines is 1. The smallest absolute Gasteiger partial charge is 0.254 e. The molecule has 3 aromatic rings. The fourth-order valence-corrected chi connectivity index (χ4v) is 6.03. The van der Waals surface area contributed by atoms with E-state index in [0.717, 1.165) is 28.9 Å². The van der Waals surface area contributed by atoms with Gasteiger partial charge in [0.15, 0.2) is 0 Å². The number of benzene rings is 2. The molecule has 4 heterocycles. The van der Waals surface area contributed by atoms with Crippen molar-refractivity contribution < 1.29 is 19.1 Å². The van der Waals surface area contributed by atoms with Crippen LogP contribution in [-0.4, -0.2) is 57.6 Å². The van der Waals surface area contributed by atoms with Crippen molar-refractivity contribution in [3.8, 4) is 5.75 Å². The number of carbonyl (C=O) groups is 2. The van der Waals surface area contributed by atoms with Crippen molar-refractivity contribution in [2.75, 3.05) is 25.2 Å². The van der Waals surface area contributed by atoms with Gasteiger partial charge >= 0.3 is 0 Å². The van der Waals surface area contributed by atoms with Gasteiger partial charge in [-0.2, -0.15) is 0 Å². The maximum absolute atomic E-state index is 14.6. The first kappa shape index (κ1) is 23.7. The molecule has 1 spiro atoms. The van der Waals surface area contributed by atoms with E-state index in [1.807, 2.05) is 64.5 Å². The Kier molecular flexibility index (Phi) is 5.56. The summed E-state index contributed by atoms with van der Waals surface area (Å²) in [5.74, 6) is 0.537. The number of nitrogens with zero attached hydrogens (tertiary/aromatic N) is 5. The fourth-order valence-electron chi connectivity index (χ4n) is 6.03. The molecule has 1 aromatic heterocycles. The molecule has 0 N–H and O–H groups in total. The molecule has 6 bridgehead atoms. The second-order valence-corrected chi connectivity index (χ2v) is 10.5. The molecule has 0 unspecified atom stereocenters. The topological polar surface area (TPSA) is 89.8 Å². The van der Waals surface area contributed by atoms with Gasteiger partial charge in [0.2, 0.25) is 5.91 Å². The van der Waals surface area contributed by atoms with E-state index in [-0.39, 0.29) is 11.8 Å². The van der Waals surface area contributed by atoms with Gasteiger partial charge in [-0.25, -0.2) is 0 Å². The van der Waals surface area contributed by atoms with Crippen LogP contribution in [-0.2, 0) is 32.8 Å². The highest BCUT2D eigenvalue weighted by Crippen LogP contribution is 2.57. The summed E-state index contributed by atoms with van der Waals surface area (Å²) in [6.45, 7) is 5.47. The van der Waals surface area contributed by atoms with Gasteiger partial charge in [-0.05, 0) is 49.6 Å². The second-order valence-electron chi connectivity index (χ2n) is 10.5. The summed E-state index contributed by atoms with van der Waals surface area (Å²) in [6, 6.07) is 15.2. The highest BCUT2D eigenvalue weighted by Gasteiger charge is 2.62. The summed E-state index contributed by atoms with van der Waals surface area (Å²) < 4.78 is 13.5. The van der Waals surface area contributed by atoms with Gasteiger partial charge in [-0.1, -0.05) is 35.5 Å². The Balaban J connectivity index is 1.56. The molecule has 3 aliphatic rings. The van der Waals surface area contributed by atoms with Crippen LogP contribution in [0.25, 0.3) is 0 Å². The van der Waals surface area contributed by atoms with E-state index < -0.39 is 17.1 Å². The molecule has 9 heteroatoms. The molecule has 0 saturated carbocycles. The van der Waals surface area contributed by atoms with Gasteiger partial charge in [-0.15, -0.1) is 5.10 Å². The summed E-state index contributed by atoms with van der Waals surface area (Å²) in [6.07, 6.45) is 3.16. The van der Waals surface area contributed by atoms with Gasteiger partial charge in [0, 0.05) is 32.3 Å². The number of aryl methyl sites for hydroxylation is 1. The first-order valence-corrected chi connectivity index (χ1v) is 12.7. The molecular weight excluding hydrogens is 470 g/mol. The first-order chi connectivity index (χ1) is 17.8. The molecule has 37 heavy (non-hydrogen) atoms. The van der Waals surface area contributed by atoms with Crippen LogP contribution in [0.5, 0.6) is 5.75 Å². The van der Waals surface area contributed by atoms with Gasteiger partial charge in [-0.3, -0.25) is 14.3 Å². The van der Waals surface area contributed by atoms with Crippen molar-refractivity contribution >= 4 is 17.5 Å². The summed E-state index contributed by atoms with van der Waals surface area (Å²) in [5, 5.41) is 8.60. The lowest BCUT2D eigenvalue weighted by atomic mass is 9.72. The number of para-hydroxylation sites is 1. The van der Waals surface area contributed by atoms with Crippen LogP contribution >= 0.6 is 0 Å². The zero-order chi connectivity index (χ0) is 25.8. The van der Waals surface area contributed by atoms with E-state index in [0.29, 0.717) is 38.4 Å². The average molecular weight is 502 g/mol. The molecular formula is C28H31N5O4. The molecule has 3 aliphatic heterocycles. The molecule has 2 atom stereocenters. The van der Waals surface area contributed by atoms with E-state index in [2.05, 4.69) is 10.3 Å². The Labute approximate surface area is 216 Å². The molecule has 9 nitrogen and oxygen atoms in total. The van der Waals surface area contributed by atoms with Crippen LogP contribution in [0.15, 0.2) is 54.7 Å². The molecule has 192 valence electrons. The van der Waals surface area contributed by atoms with E-state index >= 15 is 0 Å². The van der Waals surface area contributed by atoms with Gasteiger partial charge in [0.25, 0.3) is 5.91 Å². The first-order valence-electron chi connectivity index (χ1n) is 12.7. The van der Waals surface area contributed by atoms with Crippen molar-refractivity contribution in [3.05, 3.63) is 71.5 Å². The number of ether oxygens (including phenoxy) is 2. The zero-order valence-electron chi connectivity index (χ0n) is 21.4. The number of amides is 2. The largest absolute Gasteiger partial charge is 0.494 e. The lowest BCUT2D eigenvalue weighted by Gasteiger charge is -2.38. The third kappa shape index (κ3) is 3.63. The molecule has 2 aromatic carbocycles. The number of aromatic nitrogens is 3. The zero-order valence-corrected chi connectivity index (χ0v) is 21.4. The molecule has 1 saturated heterocycles. The van der Waals surface area contributed by atoms with Crippen LogP contribution in [0.3, 0.4) is 0 Å². The summed E-state index contributed by atoms with van der Waals surface area (Å²) >= 11 is 0. The van der Waals surface area contributed by atoms with Crippen molar-refractivity contribution in [3.63, 3.8) is 0 Å². The minimum atomic E-state index is -1.03. The highest BCUT2D eigenvalue weighted by molar-refractivity contribution is 6.09. The molecule has 0 aliphatic carbocycles. The van der Waals surface area contributed by atoms with Crippen molar-refractivity contribution in [2.45, 2.75) is 56.8 Å². The number of hydrogen-bond donors (Lipinski definition) is 0. The Morgan fingerprint density at radius 1 is 1.16 bits per heavy atom. The van der Waals surface area contributed by atoms with Crippen molar-refractivity contribution in [1.82, 2.24) is 19.9 Å². The van der Waals surface area contributed by atoms with Gasteiger partial charge in [0.05, 0.1) is 25.4 Å². The Bertz CT molecular complexity index is 1370. The highest BCUT2D eigenvalue weighted by atomic mass is 16.5. The SMILES string of the molecule is COC(C)(C)C(=O)N1CC[C@]23C(=O)N(Cc4cn(nn4)CCCOc4cccc(c4)[C@H]12)c1ccccc13. The van der Waals surface area contributed by atoms with Crippen LogP contribution in [0.2, 0.25) is 0 Å². The Hall–Kier alpha value is -3.72. The lowest BCUT2D eigenvalue weighted by molar-refractivity contribution is -0.152. The Morgan fingerprint density at radius 2 is 2.00 bits per heavy atom. The van der Waals surface area contributed by atoms with Crippen LogP contribution < -0.4 is 9.64 Å². The molecule has 1 fully saturated rings. The van der Waals surface area contributed by atoms with E-state index in [1.54, 1.807) is 25.6 Å². The van der Waals surface area contributed by atoms with Gasteiger partial charge in [0.1, 0.15) is 22.5 Å². The maximum atomic E-state index is 14.6. The minimum Gasteiger partial charge on any atom is -0.494 e. The number of likely N-dealkylation sites (tertiary alicyclic amines) is 1. The summed E-state index contributed by atoms with van der Waals surface area (Å²) in [7, 11) is 1.54. The molecule has 2 amide bonds. The van der Waals surface area contributed by atoms with E-state index in [1.165, 1.54) is 0 Å². The molecule has 0 radical (unpaired) electrons. The average Bonchev–Trinajstić information content (AvgIpc) is 3.59. The van der Waals surface area contributed by atoms with E-state index in [9.17, 15) is 9.59 Å². The minimum absolute atomic E-state index is 0.0278. The molecule has 6 rings (SSSR count). The monoisotopic (exact) mass is 501 g/mol. The number of rotatable bonds is 2. The summed E-state index contributed by atoms with van der Waals surface area (Å²) in [5.41, 5.74) is 1.41. The standard InChI is InChI=1S/C28H31N5O4/c1-27(2,36-3)25(34)32-14-12-28-22-10-4-5-11-23(22)33(26(28)35)18-20-17-31(30-29-20)13-7-15-37-21-9-6-8-19(16-21)24(28)32/h4-6,8-11,16-17,24H,7,12-15,18H2,1-3H3/t24-,28+/m0/s1. The third-order valence-electron chi connectivity index (χ3n) is 7.99. The van der Waals surface area contributed by atoms with Crippen LogP contribution in [0, 0.1) is 0 Å². The second kappa shape index (κ2) is 8.69. The lowest BCUT2D eigenvalue weighted by Crippen LogP contribution is -2.50. The number of fused-ring (bicyclic) bond motifs is 8. The quantitative estimate of drug-likeness (QED) is 0.536. The summed E-state index contributed by atoms with van der Waals surface area (Å²) in [4.78, 5) is 32.1. The normalized spacial score (nSPS) is 23.1. The number of hydrogen-bond acceptors (Lipinski definition) is 6. The predicted octanol–water partition coefficient (Wildman–Crippen LogP) is 3.24.